The van der Waals surface area contributed by atoms with Gasteiger partial charge in [0.25, 0.3) is 11.6 Å². The van der Waals surface area contributed by atoms with E-state index in [0.717, 1.165) is 0 Å². The van der Waals surface area contributed by atoms with Gasteiger partial charge < -0.3 is 14.5 Å². The van der Waals surface area contributed by atoms with Crippen LogP contribution in [0.25, 0.3) is 22.4 Å². The van der Waals surface area contributed by atoms with Gasteiger partial charge >= 0.3 is 5.97 Å². The van der Waals surface area contributed by atoms with Crippen LogP contribution < -0.4 is 0 Å². The number of nitrogens with zero attached hydrogens (tertiary/aromatic N) is 3. The number of carboxylic acid groups (broad SMARTS) is 1. The van der Waals surface area contributed by atoms with E-state index in [1.54, 1.807) is 30.0 Å². The fourth-order valence-electron chi connectivity index (χ4n) is 3.53. The van der Waals surface area contributed by atoms with Gasteiger partial charge in [0.05, 0.1) is 28.3 Å². The van der Waals surface area contributed by atoms with Crippen LogP contribution in [0.3, 0.4) is 0 Å². The molecule has 8 heteroatoms. The van der Waals surface area contributed by atoms with E-state index in [1.807, 2.05) is 0 Å². The van der Waals surface area contributed by atoms with Crippen molar-refractivity contribution in [3.63, 3.8) is 0 Å². The lowest BCUT2D eigenvalue weighted by Crippen LogP contribution is -2.40. The summed E-state index contributed by atoms with van der Waals surface area (Å²) in [5.74, 6) is -1.83. The van der Waals surface area contributed by atoms with Crippen molar-refractivity contribution in [2.45, 2.75) is 19.8 Å². The molecule has 4 rings (SSSR count). The second-order valence-electron chi connectivity index (χ2n) is 6.91. The van der Waals surface area contributed by atoms with E-state index in [2.05, 4.69) is 10.1 Å². The molecule has 144 valence electrons. The molecule has 1 amide bonds. The third-order valence-corrected chi connectivity index (χ3v) is 5.12. The van der Waals surface area contributed by atoms with Crippen molar-refractivity contribution in [3.8, 4) is 11.3 Å². The van der Waals surface area contributed by atoms with Gasteiger partial charge in [0, 0.05) is 18.7 Å². The lowest BCUT2D eigenvalue weighted by atomic mass is 9.96. The number of rotatable bonds is 3. The van der Waals surface area contributed by atoms with Crippen LogP contribution in [0.4, 0.5) is 4.39 Å². The van der Waals surface area contributed by atoms with Crippen molar-refractivity contribution in [2.24, 2.45) is 5.92 Å². The van der Waals surface area contributed by atoms with Crippen LogP contribution in [-0.4, -0.2) is 45.1 Å². The van der Waals surface area contributed by atoms with Crippen molar-refractivity contribution < 1.29 is 23.6 Å². The van der Waals surface area contributed by atoms with Crippen LogP contribution in [0.2, 0.25) is 0 Å². The number of amides is 1. The maximum absolute atomic E-state index is 13.2. The number of pyridine rings is 1. The number of aryl methyl sites for hydroxylation is 1. The van der Waals surface area contributed by atoms with Crippen molar-refractivity contribution in [3.05, 3.63) is 47.4 Å². The van der Waals surface area contributed by atoms with Gasteiger partial charge in [-0.1, -0.05) is 5.16 Å². The van der Waals surface area contributed by atoms with Gasteiger partial charge in [-0.2, -0.15) is 0 Å². The van der Waals surface area contributed by atoms with Crippen molar-refractivity contribution in [1.82, 2.24) is 15.0 Å². The Kier molecular flexibility index (Phi) is 4.54. The zero-order valence-electron chi connectivity index (χ0n) is 15.2. The van der Waals surface area contributed by atoms with Crippen molar-refractivity contribution in [1.29, 1.82) is 0 Å². The minimum absolute atomic E-state index is 0.217. The molecule has 2 aromatic heterocycles. The topological polar surface area (TPSA) is 96.5 Å². The number of aliphatic carboxylic acids is 1. The number of fused-ring (bicyclic) bond motifs is 1. The summed E-state index contributed by atoms with van der Waals surface area (Å²) in [5, 5.41) is 13.6. The number of carbonyl (C=O) groups is 2. The van der Waals surface area contributed by atoms with E-state index in [-0.39, 0.29) is 17.4 Å². The van der Waals surface area contributed by atoms with Gasteiger partial charge in [-0.15, -0.1) is 0 Å². The van der Waals surface area contributed by atoms with Gasteiger partial charge in [0.2, 0.25) is 0 Å². The van der Waals surface area contributed by atoms with E-state index in [4.69, 9.17) is 9.63 Å². The number of halogens is 1. The van der Waals surface area contributed by atoms with E-state index < -0.39 is 11.9 Å². The number of piperidine rings is 1. The van der Waals surface area contributed by atoms with E-state index in [0.29, 0.717) is 53.8 Å². The maximum atomic E-state index is 13.2. The first-order chi connectivity index (χ1) is 13.4. The van der Waals surface area contributed by atoms with Crippen LogP contribution in [0.1, 0.15) is 28.9 Å². The Morgan fingerprint density at radius 2 is 1.89 bits per heavy atom. The molecule has 0 atom stereocenters. The summed E-state index contributed by atoms with van der Waals surface area (Å²) in [6, 6.07) is 7.47. The first-order valence-electron chi connectivity index (χ1n) is 8.99. The molecule has 0 aliphatic carbocycles. The summed E-state index contributed by atoms with van der Waals surface area (Å²) in [5.41, 5.74) is 2.32. The molecule has 0 unspecified atom stereocenters. The van der Waals surface area contributed by atoms with Crippen LogP contribution in [0.15, 0.2) is 34.9 Å². The first kappa shape index (κ1) is 18.1. The molecule has 0 saturated carbocycles. The molecule has 1 N–H and O–H groups in total. The predicted molar refractivity (Wildman–Crippen MR) is 98.2 cm³/mol. The highest BCUT2D eigenvalue weighted by Crippen LogP contribution is 2.29. The highest BCUT2D eigenvalue weighted by atomic mass is 19.1. The molecule has 1 saturated heterocycles. The Morgan fingerprint density at radius 3 is 2.54 bits per heavy atom. The summed E-state index contributed by atoms with van der Waals surface area (Å²) in [4.78, 5) is 30.4. The van der Waals surface area contributed by atoms with Gasteiger partial charge in [0.1, 0.15) is 5.82 Å². The zero-order chi connectivity index (χ0) is 19.8. The normalized spacial score (nSPS) is 15.1. The molecular formula is C20H18FN3O4. The second kappa shape index (κ2) is 7.03. The smallest absolute Gasteiger partial charge is 0.306 e. The number of likely N-dealkylation sites (tertiary alicyclic amines) is 1. The second-order valence-corrected chi connectivity index (χ2v) is 6.91. The molecule has 1 fully saturated rings. The van der Waals surface area contributed by atoms with E-state index in [9.17, 15) is 14.0 Å². The Labute approximate surface area is 159 Å². The minimum Gasteiger partial charge on any atom is -0.481 e. The standard InChI is InChI=1S/C20H18FN3O4/c1-11-17-15(19(25)24-8-6-13(7-9-24)20(26)27)10-16(22-18(17)28-23-11)12-2-4-14(21)5-3-12/h2-5,10,13H,6-9H2,1H3,(H,26,27). The van der Waals surface area contributed by atoms with Crippen molar-refractivity contribution in [2.75, 3.05) is 13.1 Å². The maximum Gasteiger partial charge on any atom is 0.306 e. The lowest BCUT2D eigenvalue weighted by Gasteiger charge is -2.30. The average molecular weight is 383 g/mol. The van der Waals surface area contributed by atoms with Crippen LogP contribution in [0, 0.1) is 18.7 Å². The number of aromatic nitrogens is 2. The summed E-state index contributed by atoms with van der Waals surface area (Å²) < 4.78 is 18.5. The fourth-order valence-corrected chi connectivity index (χ4v) is 3.53. The van der Waals surface area contributed by atoms with Gasteiger partial charge in [0.15, 0.2) is 0 Å². The molecule has 0 spiro atoms. The summed E-state index contributed by atoms with van der Waals surface area (Å²) in [7, 11) is 0. The molecule has 3 aromatic rings. The largest absolute Gasteiger partial charge is 0.481 e. The Bertz CT molecular complexity index is 1050. The highest BCUT2D eigenvalue weighted by molar-refractivity contribution is 6.07. The number of carbonyl (C=O) groups excluding carboxylic acids is 1. The number of benzene rings is 1. The average Bonchev–Trinajstić information content (AvgIpc) is 3.08. The number of hydrogen-bond donors (Lipinski definition) is 1. The monoisotopic (exact) mass is 383 g/mol. The van der Waals surface area contributed by atoms with Gasteiger partial charge in [-0.3, -0.25) is 9.59 Å². The highest BCUT2D eigenvalue weighted by Gasteiger charge is 2.29. The SMILES string of the molecule is Cc1noc2nc(-c3ccc(F)cc3)cc(C(=O)N3CCC(C(=O)O)CC3)c12. The third kappa shape index (κ3) is 3.21. The van der Waals surface area contributed by atoms with Crippen LogP contribution in [0.5, 0.6) is 0 Å². The van der Waals surface area contributed by atoms with Gasteiger partial charge in [-0.25, -0.2) is 9.37 Å². The Balaban J connectivity index is 1.73. The number of carboxylic acids is 1. The Hall–Kier alpha value is -3.29. The lowest BCUT2D eigenvalue weighted by molar-refractivity contribution is -0.143. The summed E-state index contributed by atoms with van der Waals surface area (Å²) in [6.45, 7) is 2.48. The molecule has 0 radical (unpaired) electrons. The predicted octanol–water partition coefficient (Wildman–Crippen LogP) is 3.27. The molecule has 7 nitrogen and oxygen atoms in total. The minimum atomic E-state index is -0.827. The number of hydrogen-bond acceptors (Lipinski definition) is 5. The molecule has 3 heterocycles. The van der Waals surface area contributed by atoms with E-state index in [1.165, 1.54) is 12.1 Å². The first-order valence-corrected chi connectivity index (χ1v) is 8.99. The van der Waals surface area contributed by atoms with Crippen molar-refractivity contribution >= 4 is 23.0 Å². The summed E-state index contributed by atoms with van der Waals surface area (Å²) in [6.07, 6.45) is 0.839. The molecule has 1 aromatic carbocycles. The van der Waals surface area contributed by atoms with E-state index >= 15 is 0 Å². The summed E-state index contributed by atoms with van der Waals surface area (Å²) >= 11 is 0. The van der Waals surface area contributed by atoms with Crippen LogP contribution >= 0.6 is 0 Å². The molecule has 0 bridgehead atoms. The van der Waals surface area contributed by atoms with Gasteiger partial charge in [-0.05, 0) is 50.1 Å². The third-order valence-electron chi connectivity index (χ3n) is 5.12. The molecule has 1 aliphatic rings. The van der Waals surface area contributed by atoms with Crippen LogP contribution in [-0.2, 0) is 4.79 Å². The fraction of sp³-hybridized carbons (Fsp3) is 0.300. The Morgan fingerprint density at radius 1 is 1.21 bits per heavy atom. The quantitative estimate of drug-likeness (QED) is 0.746. The molecule has 28 heavy (non-hydrogen) atoms. The molecule has 1 aliphatic heterocycles. The zero-order valence-corrected chi connectivity index (χ0v) is 15.2. The molecular weight excluding hydrogens is 365 g/mol.